The van der Waals surface area contributed by atoms with Crippen LogP contribution in [0.2, 0.25) is 0 Å². The van der Waals surface area contributed by atoms with Crippen LogP contribution in [0.5, 0.6) is 0 Å². The van der Waals surface area contributed by atoms with Crippen molar-refractivity contribution in [2.75, 3.05) is 36.4 Å². The Labute approximate surface area is 173 Å². The van der Waals surface area contributed by atoms with Crippen LogP contribution < -0.4 is 10.2 Å². The molecule has 0 spiro atoms. The van der Waals surface area contributed by atoms with E-state index in [1.165, 1.54) is 11.3 Å². The number of pyridine rings is 1. The van der Waals surface area contributed by atoms with Gasteiger partial charge in [-0.2, -0.15) is 0 Å². The largest absolute Gasteiger partial charge is 0.353 e. The van der Waals surface area contributed by atoms with Crippen molar-refractivity contribution in [3.05, 3.63) is 70.9 Å². The Hall–Kier alpha value is -3.26. The molecule has 148 valence electrons. The number of hydrogen-bond acceptors (Lipinski definition) is 6. The second-order valence-electron chi connectivity index (χ2n) is 6.77. The van der Waals surface area contributed by atoms with E-state index in [0.717, 1.165) is 24.5 Å². The van der Waals surface area contributed by atoms with Crippen LogP contribution in [-0.2, 0) is 0 Å². The SMILES string of the molecule is Cc1ccccc1C(=O)Nc1nc(C(=O)N2CCN(c3ccccn3)CC2)cs1. The molecular weight excluding hydrogens is 386 g/mol. The van der Waals surface area contributed by atoms with Gasteiger partial charge in [-0.3, -0.25) is 14.9 Å². The number of aryl methyl sites for hydroxylation is 1. The average molecular weight is 407 g/mol. The number of aromatic nitrogens is 2. The van der Waals surface area contributed by atoms with Crippen LogP contribution in [0, 0.1) is 6.92 Å². The third-order valence-corrected chi connectivity index (χ3v) is 5.63. The molecule has 1 fully saturated rings. The van der Waals surface area contributed by atoms with Crippen LogP contribution in [-0.4, -0.2) is 52.9 Å². The molecule has 7 nitrogen and oxygen atoms in total. The molecule has 0 unspecified atom stereocenters. The summed E-state index contributed by atoms with van der Waals surface area (Å²) in [6.07, 6.45) is 1.77. The van der Waals surface area contributed by atoms with Gasteiger partial charge in [-0.05, 0) is 30.7 Å². The second kappa shape index (κ2) is 8.40. The lowest BCUT2D eigenvalue weighted by Crippen LogP contribution is -2.49. The minimum atomic E-state index is -0.222. The van der Waals surface area contributed by atoms with Crippen LogP contribution in [0.4, 0.5) is 10.9 Å². The molecule has 8 heteroatoms. The van der Waals surface area contributed by atoms with E-state index in [-0.39, 0.29) is 11.8 Å². The van der Waals surface area contributed by atoms with Crippen LogP contribution in [0.3, 0.4) is 0 Å². The predicted molar refractivity (Wildman–Crippen MR) is 114 cm³/mol. The lowest BCUT2D eigenvalue weighted by Gasteiger charge is -2.35. The molecule has 1 aromatic carbocycles. The van der Waals surface area contributed by atoms with Crippen molar-refractivity contribution in [2.24, 2.45) is 0 Å². The maximum Gasteiger partial charge on any atom is 0.273 e. The number of thiazole rings is 1. The highest BCUT2D eigenvalue weighted by Gasteiger charge is 2.24. The Balaban J connectivity index is 1.36. The van der Waals surface area contributed by atoms with Gasteiger partial charge in [0.1, 0.15) is 11.5 Å². The molecule has 29 heavy (non-hydrogen) atoms. The monoisotopic (exact) mass is 407 g/mol. The highest BCUT2D eigenvalue weighted by molar-refractivity contribution is 7.14. The fourth-order valence-electron chi connectivity index (χ4n) is 3.26. The molecule has 4 rings (SSSR count). The van der Waals surface area contributed by atoms with Gasteiger partial charge in [0.05, 0.1) is 0 Å². The molecule has 2 amide bonds. The number of anilines is 2. The lowest BCUT2D eigenvalue weighted by molar-refractivity contribution is 0.0741. The van der Waals surface area contributed by atoms with E-state index >= 15 is 0 Å². The Kier molecular flexibility index (Phi) is 5.53. The summed E-state index contributed by atoms with van der Waals surface area (Å²) < 4.78 is 0. The molecule has 0 atom stereocenters. The Morgan fingerprint density at radius 1 is 1.03 bits per heavy atom. The summed E-state index contributed by atoms with van der Waals surface area (Å²) in [7, 11) is 0. The summed E-state index contributed by atoms with van der Waals surface area (Å²) in [5.74, 6) is 0.591. The van der Waals surface area contributed by atoms with Crippen molar-refractivity contribution in [1.29, 1.82) is 0 Å². The maximum absolute atomic E-state index is 12.8. The predicted octanol–water partition coefficient (Wildman–Crippen LogP) is 3.06. The summed E-state index contributed by atoms with van der Waals surface area (Å²) in [4.78, 5) is 37.9. The fraction of sp³-hybridized carbons (Fsp3) is 0.238. The molecule has 1 aliphatic heterocycles. The van der Waals surface area contributed by atoms with E-state index < -0.39 is 0 Å². The Bertz CT molecular complexity index is 1010. The van der Waals surface area contributed by atoms with Crippen molar-refractivity contribution in [3.63, 3.8) is 0 Å². The van der Waals surface area contributed by atoms with Gasteiger partial charge in [0.2, 0.25) is 0 Å². The van der Waals surface area contributed by atoms with Gasteiger partial charge < -0.3 is 9.80 Å². The minimum absolute atomic E-state index is 0.113. The highest BCUT2D eigenvalue weighted by atomic mass is 32.1. The molecule has 0 aliphatic carbocycles. The molecule has 3 heterocycles. The number of rotatable bonds is 4. The highest BCUT2D eigenvalue weighted by Crippen LogP contribution is 2.20. The topological polar surface area (TPSA) is 78.4 Å². The number of piperazine rings is 1. The third-order valence-electron chi connectivity index (χ3n) is 4.87. The van der Waals surface area contributed by atoms with E-state index in [9.17, 15) is 9.59 Å². The van der Waals surface area contributed by atoms with Crippen molar-refractivity contribution in [1.82, 2.24) is 14.9 Å². The normalized spacial score (nSPS) is 14.0. The third kappa shape index (κ3) is 4.27. The van der Waals surface area contributed by atoms with E-state index in [0.29, 0.717) is 29.5 Å². The quantitative estimate of drug-likeness (QED) is 0.719. The van der Waals surface area contributed by atoms with Gasteiger partial charge in [0, 0.05) is 43.3 Å². The smallest absolute Gasteiger partial charge is 0.273 e. The summed E-state index contributed by atoms with van der Waals surface area (Å²) in [5, 5.41) is 4.91. The molecular formula is C21H21N5O2S. The molecule has 1 aliphatic rings. The lowest BCUT2D eigenvalue weighted by atomic mass is 10.1. The zero-order valence-electron chi connectivity index (χ0n) is 16.0. The number of nitrogens with zero attached hydrogens (tertiary/aromatic N) is 4. The molecule has 0 bridgehead atoms. The summed E-state index contributed by atoms with van der Waals surface area (Å²) in [6.45, 7) is 4.56. The standard InChI is InChI=1S/C21H21N5O2S/c1-15-6-2-3-7-16(15)19(27)24-21-23-17(14-29-21)20(28)26-12-10-25(11-13-26)18-8-4-5-9-22-18/h2-9,14H,10-13H2,1H3,(H,23,24,27). The number of hydrogen-bond donors (Lipinski definition) is 1. The van der Waals surface area contributed by atoms with E-state index in [2.05, 4.69) is 20.2 Å². The summed E-state index contributed by atoms with van der Waals surface area (Å²) >= 11 is 1.26. The zero-order chi connectivity index (χ0) is 20.2. The van der Waals surface area contributed by atoms with Gasteiger partial charge in [0.15, 0.2) is 5.13 Å². The van der Waals surface area contributed by atoms with Gasteiger partial charge in [-0.25, -0.2) is 9.97 Å². The molecule has 0 saturated carbocycles. The first kappa shape index (κ1) is 19.1. The van der Waals surface area contributed by atoms with Crippen LogP contribution >= 0.6 is 11.3 Å². The fourth-order valence-corrected chi connectivity index (χ4v) is 3.94. The maximum atomic E-state index is 12.8. The van der Waals surface area contributed by atoms with Crippen molar-refractivity contribution in [2.45, 2.75) is 6.92 Å². The molecule has 3 aromatic rings. The van der Waals surface area contributed by atoms with Crippen molar-refractivity contribution in [3.8, 4) is 0 Å². The van der Waals surface area contributed by atoms with E-state index in [1.807, 2.05) is 43.3 Å². The van der Waals surface area contributed by atoms with Gasteiger partial charge in [-0.1, -0.05) is 24.3 Å². The molecule has 1 N–H and O–H groups in total. The number of carbonyl (C=O) groups is 2. The van der Waals surface area contributed by atoms with Crippen molar-refractivity contribution >= 4 is 34.1 Å². The number of amides is 2. The van der Waals surface area contributed by atoms with Crippen molar-refractivity contribution < 1.29 is 9.59 Å². The van der Waals surface area contributed by atoms with Crippen LogP contribution in [0.15, 0.2) is 54.0 Å². The zero-order valence-corrected chi connectivity index (χ0v) is 16.9. The Morgan fingerprint density at radius 3 is 2.52 bits per heavy atom. The van der Waals surface area contributed by atoms with Crippen LogP contribution in [0.25, 0.3) is 0 Å². The molecule has 0 radical (unpaired) electrons. The number of benzene rings is 1. The number of nitrogens with one attached hydrogen (secondary N) is 1. The first-order valence-corrected chi connectivity index (χ1v) is 10.3. The molecule has 2 aromatic heterocycles. The Morgan fingerprint density at radius 2 is 1.79 bits per heavy atom. The van der Waals surface area contributed by atoms with Crippen LogP contribution in [0.1, 0.15) is 26.4 Å². The van der Waals surface area contributed by atoms with Gasteiger partial charge >= 0.3 is 0 Å². The van der Waals surface area contributed by atoms with E-state index in [1.54, 1.807) is 22.5 Å². The second-order valence-corrected chi connectivity index (χ2v) is 7.63. The minimum Gasteiger partial charge on any atom is -0.353 e. The van der Waals surface area contributed by atoms with E-state index in [4.69, 9.17) is 0 Å². The van der Waals surface area contributed by atoms with Gasteiger partial charge in [-0.15, -0.1) is 11.3 Å². The van der Waals surface area contributed by atoms with Gasteiger partial charge in [0.25, 0.3) is 11.8 Å². The average Bonchev–Trinajstić information content (AvgIpc) is 3.22. The first-order chi connectivity index (χ1) is 14.1. The summed E-state index contributed by atoms with van der Waals surface area (Å²) in [5.41, 5.74) is 1.85. The summed E-state index contributed by atoms with van der Waals surface area (Å²) in [6, 6.07) is 13.2. The molecule has 1 saturated heterocycles. The first-order valence-electron chi connectivity index (χ1n) is 9.39. The number of carbonyl (C=O) groups excluding carboxylic acids is 2.